The molecule has 0 unspecified atom stereocenters. The van der Waals surface area contributed by atoms with Crippen LogP contribution >= 0.6 is 22.6 Å². The zero-order valence-electron chi connectivity index (χ0n) is 11.2. The summed E-state index contributed by atoms with van der Waals surface area (Å²) >= 11 is 2.22. The van der Waals surface area contributed by atoms with E-state index in [-0.39, 0.29) is 5.97 Å². The first-order valence-corrected chi connectivity index (χ1v) is 7.11. The van der Waals surface area contributed by atoms with Gasteiger partial charge in [-0.1, -0.05) is 23.8 Å². The Morgan fingerprint density at radius 1 is 1.00 bits per heavy atom. The van der Waals surface area contributed by atoms with Crippen molar-refractivity contribution in [3.8, 4) is 5.75 Å². The molecule has 2 nitrogen and oxygen atoms in total. The van der Waals surface area contributed by atoms with Gasteiger partial charge < -0.3 is 4.74 Å². The predicted octanol–water partition coefficient (Wildman–Crippen LogP) is 4.44. The molecule has 0 saturated heterocycles. The van der Waals surface area contributed by atoms with E-state index in [9.17, 15) is 4.79 Å². The molecular formula is C16H15IO2. The molecule has 2 aromatic rings. The maximum Gasteiger partial charge on any atom is 0.343 e. The van der Waals surface area contributed by atoms with Gasteiger partial charge >= 0.3 is 5.97 Å². The third-order valence-electron chi connectivity index (χ3n) is 2.94. The topological polar surface area (TPSA) is 26.3 Å². The summed E-state index contributed by atoms with van der Waals surface area (Å²) in [7, 11) is 0. The minimum atomic E-state index is -0.315. The molecule has 98 valence electrons. The quantitative estimate of drug-likeness (QED) is 0.446. The molecule has 0 fully saturated rings. The molecule has 0 aliphatic rings. The van der Waals surface area contributed by atoms with Crippen molar-refractivity contribution in [3.05, 3.63) is 62.2 Å². The standard InChI is InChI=1S/C16H15IO2/c1-10-4-7-15(12(3)8-10)19-16(18)13-6-5-11(2)14(17)9-13/h4-9H,1-3H3. The van der Waals surface area contributed by atoms with Crippen molar-refractivity contribution in [1.82, 2.24) is 0 Å². The van der Waals surface area contributed by atoms with Gasteiger partial charge in [-0.3, -0.25) is 0 Å². The van der Waals surface area contributed by atoms with Crippen molar-refractivity contribution in [1.29, 1.82) is 0 Å². The molecule has 0 N–H and O–H groups in total. The Hall–Kier alpha value is -1.36. The zero-order valence-corrected chi connectivity index (χ0v) is 13.3. The maximum absolute atomic E-state index is 12.1. The van der Waals surface area contributed by atoms with Crippen LogP contribution in [0, 0.1) is 24.3 Å². The molecule has 2 aromatic carbocycles. The zero-order chi connectivity index (χ0) is 14.0. The molecule has 0 aliphatic carbocycles. The van der Waals surface area contributed by atoms with Crippen molar-refractivity contribution >= 4 is 28.6 Å². The largest absolute Gasteiger partial charge is 0.423 e. The Morgan fingerprint density at radius 2 is 1.74 bits per heavy atom. The van der Waals surface area contributed by atoms with E-state index in [1.807, 2.05) is 51.1 Å². The predicted molar refractivity (Wildman–Crippen MR) is 84.8 cm³/mol. The summed E-state index contributed by atoms with van der Waals surface area (Å²) in [5.74, 6) is 0.302. The lowest BCUT2D eigenvalue weighted by Crippen LogP contribution is -2.09. The fourth-order valence-corrected chi connectivity index (χ4v) is 2.31. The van der Waals surface area contributed by atoms with Crippen molar-refractivity contribution in [2.45, 2.75) is 20.8 Å². The monoisotopic (exact) mass is 366 g/mol. The number of halogens is 1. The van der Waals surface area contributed by atoms with Crippen molar-refractivity contribution in [2.24, 2.45) is 0 Å². The van der Waals surface area contributed by atoms with E-state index >= 15 is 0 Å². The van der Waals surface area contributed by atoms with E-state index < -0.39 is 0 Å². The van der Waals surface area contributed by atoms with Crippen LogP contribution in [0.4, 0.5) is 0 Å². The molecule has 19 heavy (non-hydrogen) atoms. The van der Waals surface area contributed by atoms with Crippen molar-refractivity contribution < 1.29 is 9.53 Å². The lowest BCUT2D eigenvalue weighted by Gasteiger charge is -2.08. The number of rotatable bonds is 2. The third-order valence-corrected chi connectivity index (χ3v) is 4.10. The van der Waals surface area contributed by atoms with Gasteiger partial charge in [-0.15, -0.1) is 0 Å². The number of benzene rings is 2. The van der Waals surface area contributed by atoms with Crippen LogP contribution in [0.25, 0.3) is 0 Å². The fraction of sp³-hybridized carbons (Fsp3) is 0.188. The highest BCUT2D eigenvalue weighted by molar-refractivity contribution is 14.1. The summed E-state index contributed by atoms with van der Waals surface area (Å²) < 4.78 is 6.50. The summed E-state index contributed by atoms with van der Waals surface area (Å²) in [6.45, 7) is 5.97. The minimum absolute atomic E-state index is 0.315. The van der Waals surface area contributed by atoms with Crippen LogP contribution < -0.4 is 4.74 Å². The summed E-state index contributed by atoms with van der Waals surface area (Å²) in [6, 6.07) is 11.4. The number of aryl methyl sites for hydroxylation is 3. The normalized spacial score (nSPS) is 10.3. The first-order chi connectivity index (χ1) is 8.97. The smallest absolute Gasteiger partial charge is 0.343 e. The Bertz CT molecular complexity index is 633. The number of esters is 1. The highest BCUT2D eigenvalue weighted by Crippen LogP contribution is 2.21. The van der Waals surface area contributed by atoms with Gasteiger partial charge in [0.1, 0.15) is 5.75 Å². The van der Waals surface area contributed by atoms with Crippen molar-refractivity contribution in [2.75, 3.05) is 0 Å². The van der Waals surface area contributed by atoms with Crippen LogP contribution in [0.3, 0.4) is 0 Å². The molecule has 0 bridgehead atoms. The first-order valence-electron chi connectivity index (χ1n) is 6.03. The van der Waals surface area contributed by atoms with Gasteiger partial charge in [0.2, 0.25) is 0 Å². The Kier molecular flexibility index (Phi) is 4.24. The number of ether oxygens (including phenoxy) is 1. The van der Waals surface area contributed by atoms with Crippen LogP contribution in [0.15, 0.2) is 36.4 Å². The Balaban J connectivity index is 2.23. The second kappa shape index (κ2) is 5.74. The van der Waals surface area contributed by atoms with E-state index in [4.69, 9.17) is 4.74 Å². The van der Waals surface area contributed by atoms with Gasteiger partial charge in [0, 0.05) is 3.57 Å². The number of hydrogen-bond donors (Lipinski definition) is 0. The van der Waals surface area contributed by atoms with Gasteiger partial charge in [0.05, 0.1) is 5.56 Å². The van der Waals surface area contributed by atoms with Crippen molar-refractivity contribution in [3.63, 3.8) is 0 Å². The first kappa shape index (κ1) is 14.1. The van der Waals surface area contributed by atoms with E-state index in [2.05, 4.69) is 22.6 Å². The molecule has 0 aliphatic heterocycles. The van der Waals surface area contributed by atoms with Crippen LogP contribution in [-0.2, 0) is 0 Å². The Morgan fingerprint density at radius 3 is 2.37 bits per heavy atom. The molecule has 0 heterocycles. The molecule has 0 radical (unpaired) electrons. The van der Waals surface area contributed by atoms with Gasteiger partial charge in [0.15, 0.2) is 0 Å². The van der Waals surface area contributed by atoms with Crippen LogP contribution in [0.1, 0.15) is 27.0 Å². The summed E-state index contributed by atoms with van der Waals surface area (Å²) in [5, 5.41) is 0. The highest BCUT2D eigenvalue weighted by Gasteiger charge is 2.11. The SMILES string of the molecule is Cc1ccc(OC(=O)c2ccc(C)c(I)c2)c(C)c1. The fourth-order valence-electron chi connectivity index (χ4n) is 1.79. The van der Waals surface area contributed by atoms with Gasteiger partial charge in [-0.05, 0) is 72.7 Å². The molecular weight excluding hydrogens is 351 g/mol. The highest BCUT2D eigenvalue weighted by atomic mass is 127. The average molecular weight is 366 g/mol. The minimum Gasteiger partial charge on any atom is -0.423 e. The average Bonchev–Trinajstić information content (AvgIpc) is 2.36. The molecule has 2 rings (SSSR count). The van der Waals surface area contributed by atoms with Crippen LogP contribution in [0.5, 0.6) is 5.75 Å². The van der Waals surface area contributed by atoms with E-state index in [1.54, 1.807) is 6.07 Å². The summed E-state index contributed by atoms with van der Waals surface area (Å²) in [4.78, 5) is 12.1. The maximum atomic E-state index is 12.1. The van der Waals surface area contributed by atoms with Gasteiger partial charge in [0.25, 0.3) is 0 Å². The summed E-state index contributed by atoms with van der Waals surface area (Å²) in [6.07, 6.45) is 0. The van der Waals surface area contributed by atoms with Crippen LogP contribution in [-0.4, -0.2) is 5.97 Å². The second-order valence-electron chi connectivity index (χ2n) is 4.62. The molecule has 0 saturated carbocycles. The molecule has 0 amide bonds. The number of hydrogen-bond acceptors (Lipinski definition) is 2. The number of carbonyl (C=O) groups is 1. The second-order valence-corrected chi connectivity index (χ2v) is 5.78. The van der Waals surface area contributed by atoms with E-state index in [0.29, 0.717) is 11.3 Å². The molecule has 0 atom stereocenters. The molecule has 0 aromatic heterocycles. The molecule has 3 heteroatoms. The summed E-state index contributed by atoms with van der Waals surface area (Å²) in [5.41, 5.74) is 3.86. The van der Waals surface area contributed by atoms with Gasteiger partial charge in [-0.2, -0.15) is 0 Å². The third kappa shape index (κ3) is 3.35. The molecule has 0 spiro atoms. The Labute approximate surface area is 126 Å². The van der Waals surface area contributed by atoms with E-state index in [1.165, 1.54) is 0 Å². The van der Waals surface area contributed by atoms with Crippen LogP contribution in [0.2, 0.25) is 0 Å². The number of carbonyl (C=O) groups excluding carboxylic acids is 1. The lowest BCUT2D eigenvalue weighted by atomic mass is 10.1. The van der Waals surface area contributed by atoms with E-state index in [0.717, 1.165) is 20.3 Å². The lowest BCUT2D eigenvalue weighted by molar-refractivity contribution is 0.0733. The van der Waals surface area contributed by atoms with Gasteiger partial charge in [-0.25, -0.2) is 4.79 Å².